The lowest BCUT2D eigenvalue weighted by Gasteiger charge is -2.10. The molecule has 10 atom stereocenters. The molecule has 0 amide bonds. The minimum Gasteiger partial charge on any atom is -0.481 e. The van der Waals surface area contributed by atoms with E-state index >= 15 is 0 Å². The highest BCUT2D eigenvalue weighted by molar-refractivity contribution is 8.13. The number of thiol groups is 2. The SMILES string of the molecule is CC(=O)SCCC(=O)O.CC(=O)SCCC(=O)O.O=C(O)CCS.O=C(O)CCS.OC[C@@H](O)[C@@H](O)CO.OC[C@@H](O)[C@@H](O)CO.OC[C@@H](O)[C@@H](O)CO.OC[C@@H](O)[C@@H](O)CO.OC[C@@H](O)[C@@H](O)CO. The van der Waals surface area contributed by atoms with Crippen molar-refractivity contribution in [1.29, 1.82) is 0 Å². The van der Waals surface area contributed by atoms with Crippen LogP contribution in [0.5, 0.6) is 0 Å². The zero-order valence-corrected chi connectivity index (χ0v) is 41.8. The number of aliphatic hydroxyl groups is 20. The summed E-state index contributed by atoms with van der Waals surface area (Å²) in [5, 5.41) is 198. The molecular weight excluding hydrogens is 1040 g/mol. The van der Waals surface area contributed by atoms with Crippen LogP contribution in [0.3, 0.4) is 0 Å². The average molecular weight is 1120 g/mol. The Morgan fingerprint density at radius 1 is 0.314 bits per heavy atom. The highest BCUT2D eigenvalue weighted by atomic mass is 32.2. The van der Waals surface area contributed by atoms with Gasteiger partial charge in [0.05, 0.1) is 91.8 Å². The predicted octanol–water partition coefficient (Wildman–Crippen LogP) is -9.27. The van der Waals surface area contributed by atoms with E-state index in [0.29, 0.717) is 23.0 Å². The molecule has 0 saturated heterocycles. The Labute approximate surface area is 422 Å². The van der Waals surface area contributed by atoms with Crippen molar-refractivity contribution in [3.05, 3.63) is 0 Å². The molecule has 0 spiro atoms. The van der Waals surface area contributed by atoms with Gasteiger partial charge >= 0.3 is 23.9 Å². The first kappa shape index (κ1) is 87.5. The molecule has 30 nitrogen and oxygen atoms in total. The summed E-state index contributed by atoms with van der Waals surface area (Å²) in [4.78, 5) is 59.2. The zero-order valence-electron chi connectivity index (χ0n) is 38.4. The minimum atomic E-state index is -1.22. The van der Waals surface area contributed by atoms with Crippen LogP contribution < -0.4 is 0 Å². The van der Waals surface area contributed by atoms with E-state index < -0.39 is 151 Å². The van der Waals surface area contributed by atoms with Gasteiger partial charge in [-0.15, -0.1) is 0 Å². The van der Waals surface area contributed by atoms with Gasteiger partial charge in [0.1, 0.15) is 61.0 Å². The molecule has 426 valence electrons. The normalized spacial score (nSPS) is 14.0. The van der Waals surface area contributed by atoms with E-state index in [9.17, 15) is 28.8 Å². The Balaban J connectivity index is -0.0000000857. The number of carbonyl (C=O) groups excluding carboxylic acids is 2. The lowest BCUT2D eigenvalue weighted by Crippen LogP contribution is -2.31. The van der Waals surface area contributed by atoms with Crippen molar-refractivity contribution in [3.8, 4) is 0 Å². The average Bonchev–Trinajstić information content (AvgIpc) is 3.32. The maximum absolute atomic E-state index is 10.2. The Morgan fingerprint density at radius 3 is 0.500 bits per heavy atom. The molecule has 0 aliphatic carbocycles. The Kier molecular flexibility index (Phi) is 83.5. The summed E-state index contributed by atoms with van der Waals surface area (Å²) in [7, 11) is 0. The number of thioether (sulfide) groups is 2. The molecule has 0 aromatic heterocycles. The third-order valence-electron chi connectivity index (χ3n) is 5.99. The van der Waals surface area contributed by atoms with Crippen molar-refractivity contribution >= 4 is 82.9 Å². The molecule has 0 saturated carbocycles. The molecule has 0 rings (SSSR count). The van der Waals surface area contributed by atoms with Gasteiger partial charge in [0.25, 0.3) is 0 Å². The molecule has 0 radical (unpaired) electrons. The van der Waals surface area contributed by atoms with Gasteiger partial charge < -0.3 is 123 Å². The van der Waals surface area contributed by atoms with E-state index in [2.05, 4.69) is 25.3 Å². The molecule has 0 aromatic carbocycles. The van der Waals surface area contributed by atoms with Gasteiger partial charge in [-0.2, -0.15) is 25.3 Å². The second-order valence-corrected chi connectivity index (χ2v) is 15.6. The van der Waals surface area contributed by atoms with Crippen molar-refractivity contribution in [3.63, 3.8) is 0 Å². The fourth-order valence-electron chi connectivity index (χ4n) is 1.97. The van der Waals surface area contributed by atoms with Gasteiger partial charge in [-0.3, -0.25) is 28.8 Å². The van der Waals surface area contributed by atoms with Crippen LogP contribution in [0.25, 0.3) is 0 Å². The summed E-state index contributed by atoms with van der Waals surface area (Å²) < 4.78 is 0. The van der Waals surface area contributed by atoms with Crippen molar-refractivity contribution in [1.82, 2.24) is 0 Å². The third-order valence-corrected chi connectivity index (χ3v) is 8.06. The molecule has 34 heteroatoms. The first-order valence-corrected chi connectivity index (χ1v) is 22.9. The number of carboxylic acids is 4. The molecule has 0 fully saturated rings. The Morgan fingerprint density at radius 2 is 0.443 bits per heavy atom. The molecule has 0 aliphatic rings. The molecule has 0 unspecified atom stereocenters. The topological polar surface area (TPSA) is 588 Å². The van der Waals surface area contributed by atoms with Crippen LogP contribution in [0.1, 0.15) is 39.5 Å². The standard InChI is InChI=1S/2C5H8O3S.5C4H10O4.2C3H6O2S/c2*1-4(6)9-3-2-5(7)8;5*5-1-3(7)4(8)2-6;2*4-3(5)1-2-6/h2*2-3H2,1H3,(H,7,8);5*3-8H,1-2H2;2*6H,1-2H2,(H,4,5)/t;;5*3-,4+;;. The van der Waals surface area contributed by atoms with E-state index in [0.717, 1.165) is 23.5 Å². The summed E-state index contributed by atoms with van der Waals surface area (Å²) in [6.07, 6.45) is -11.8. The monoisotopic (exact) mass is 1120 g/mol. The summed E-state index contributed by atoms with van der Waals surface area (Å²) in [5.41, 5.74) is 0. The molecule has 0 aromatic rings. The Bertz CT molecular complexity index is 962. The van der Waals surface area contributed by atoms with Crippen molar-refractivity contribution < 1.29 is 151 Å². The number of aliphatic hydroxyl groups excluding tert-OH is 20. The van der Waals surface area contributed by atoms with Crippen LogP contribution in [-0.2, 0) is 28.8 Å². The summed E-state index contributed by atoms with van der Waals surface area (Å²) in [5.74, 6) is -1.68. The number of aliphatic carboxylic acids is 4. The lowest BCUT2D eigenvalue weighted by molar-refractivity contribution is -0.137. The van der Waals surface area contributed by atoms with Crippen LogP contribution in [0.15, 0.2) is 0 Å². The summed E-state index contributed by atoms with van der Waals surface area (Å²) >= 11 is 9.44. The maximum atomic E-state index is 10.2. The van der Waals surface area contributed by atoms with Gasteiger partial charge in [0.15, 0.2) is 10.2 Å². The third kappa shape index (κ3) is 88.8. The fraction of sp³-hybridized carbons (Fsp3) is 0.833. The molecule has 0 heterocycles. The van der Waals surface area contributed by atoms with Crippen LogP contribution in [0.2, 0.25) is 0 Å². The lowest BCUT2D eigenvalue weighted by atomic mass is 10.2. The van der Waals surface area contributed by atoms with Crippen LogP contribution in [-0.4, -0.2) is 307 Å². The molecular formula is C36H78O30S4. The number of hydrogen-bond donors (Lipinski definition) is 26. The number of hydrogen-bond acceptors (Lipinski definition) is 30. The fourth-order valence-corrected chi connectivity index (χ4v) is 3.48. The van der Waals surface area contributed by atoms with Gasteiger partial charge in [-0.05, 0) is 0 Å². The van der Waals surface area contributed by atoms with Gasteiger partial charge in [-0.25, -0.2) is 0 Å². The number of carbonyl (C=O) groups is 6. The maximum Gasteiger partial charge on any atom is 0.304 e. The quantitative estimate of drug-likeness (QED) is 0.0378. The summed E-state index contributed by atoms with van der Waals surface area (Å²) in [6.45, 7) is -2.41. The first-order valence-electron chi connectivity index (χ1n) is 19.6. The summed E-state index contributed by atoms with van der Waals surface area (Å²) in [6, 6.07) is 0. The van der Waals surface area contributed by atoms with Gasteiger partial charge in [0.2, 0.25) is 0 Å². The van der Waals surface area contributed by atoms with E-state index in [1.807, 2.05) is 0 Å². The van der Waals surface area contributed by atoms with E-state index in [1.54, 1.807) is 0 Å². The first-order chi connectivity index (χ1) is 32.4. The predicted molar refractivity (Wildman–Crippen MR) is 254 cm³/mol. The number of carboxylic acid groups (broad SMARTS) is 4. The van der Waals surface area contributed by atoms with Crippen LogP contribution in [0.4, 0.5) is 0 Å². The molecule has 0 bridgehead atoms. The largest absolute Gasteiger partial charge is 0.481 e. The van der Waals surface area contributed by atoms with Crippen LogP contribution >= 0.6 is 48.8 Å². The van der Waals surface area contributed by atoms with Crippen molar-refractivity contribution in [2.75, 3.05) is 89.1 Å². The van der Waals surface area contributed by atoms with Crippen LogP contribution in [0, 0.1) is 0 Å². The van der Waals surface area contributed by atoms with Gasteiger partial charge in [-0.1, -0.05) is 23.5 Å². The van der Waals surface area contributed by atoms with Crippen molar-refractivity contribution in [2.45, 2.75) is 101 Å². The van der Waals surface area contributed by atoms with Crippen molar-refractivity contribution in [2.24, 2.45) is 0 Å². The van der Waals surface area contributed by atoms with E-state index in [1.165, 1.54) is 13.8 Å². The molecule has 0 aliphatic heterocycles. The number of rotatable bonds is 25. The highest BCUT2D eigenvalue weighted by Crippen LogP contribution is 2.03. The van der Waals surface area contributed by atoms with E-state index in [4.69, 9.17) is 123 Å². The highest BCUT2D eigenvalue weighted by Gasteiger charge is 2.15. The zero-order chi connectivity index (χ0) is 57.4. The second-order valence-electron chi connectivity index (χ2n) is 12.2. The van der Waals surface area contributed by atoms with Gasteiger partial charge in [0, 0.05) is 36.9 Å². The molecule has 70 heavy (non-hydrogen) atoms. The minimum absolute atomic E-state index is 0.0312. The Hall–Kier alpha value is -2.18. The second kappa shape index (κ2) is 66.8. The molecule has 24 N–H and O–H groups in total. The van der Waals surface area contributed by atoms with E-state index in [-0.39, 0.29) is 35.9 Å². The smallest absolute Gasteiger partial charge is 0.304 e.